The molecule has 0 atom stereocenters. The van der Waals surface area contributed by atoms with Gasteiger partial charge in [0, 0.05) is 26.1 Å². The Morgan fingerprint density at radius 3 is 2.85 bits per heavy atom. The van der Waals surface area contributed by atoms with Gasteiger partial charge in [-0.2, -0.15) is 0 Å². The summed E-state index contributed by atoms with van der Waals surface area (Å²) in [5.74, 6) is 1.08. The van der Waals surface area contributed by atoms with E-state index in [0.717, 1.165) is 45.0 Å². The van der Waals surface area contributed by atoms with Crippen LogP contribution in [-0.2, 0) is 11.2 Å². The second-order valence-electron chi connectivity index (χ2n) is 3.28. The molecule has 0 spiro atoms. The third-order valence-electron chi connectivity index (χ3n) is 2.36. The van der Waals surface area contributed by atoms with Crippen molar-refractivity contribution in [1.29, 1.82) is 0 Å². The summed E-state index contributed by atoms with van der Waals surface area (Å²) in [4.78, 5) is 2.41. The van der Waals surface area contributed by atoms with E-state index in [1.807, 2.05) is 12.1 Å². The molecule has 1 aromatic rings. The van der Waals surface area contributed by atoms with Gasteiger partial charge in [-0.1, -0.05) is 0 Å². The molecule has 0 amide bonds. The number of hydrogen-bond donors (Lipinski definition) is 0. The third kappa shape index (κ3) is 2.57. The Kier molecular flexibility index (Phi) is 3.00. The summed E-state index contributed by atoms with van der Waals surface area (Å²) in [5.41, 5.74) is 0. The van der Waals surface area contributed by atoms with E-state index in [0.29, 0.717) is 0 Å². The predicted molar refractivity (Wildman–Crippen MR) is 49.7 cm³/mol. The fraction of sp³-hybridized carbons (Fsp3) is 0.600. The van der Waals surface area contributed by atoms with E-state index in [9.17, 15) is 0 Å². The van der Waals surface area contributed by atoms with E-state index in [2.05, 4.69) is 4.90 Å². The van der Waals surface area contributed by atoms with Gasteiger partial charge in [0.05, 0.1) is 19.5 Å². The number of ether oxygens (including phenoxy) is 1. The molecule has 1 aliphatic heterocycles. The van der Waals surface area contributed by atoms with Crippen LogP contribution in [0.25, 0.3) is 0 Å². The van der Waals surface area contributed by atoms with Crippen molar-refractivity contribution in [3.05, 3.63) is 24.2 Å². The summed E-state index contributed by atoms with van der Waals surface area (Å²) in [6, 6.07) is 3.97. The minimum atomic E-state index is 0.873. The van der Waals surface area contributed by atoms with E-state index in [1.54, 1.807) is 6.26 Å². The van der Waals surface area contributed by atoms with Crippen molar-refractivity contribution in [2.24, 2.45) is 0 Å². The second kappa shape index (κ2) is 4.44. The minimum absolute atomic E-state index is 0.873. The second-order valence-corrected chi connectivity index (χ2v) is 3.28. The molecule has 1 aliphatic rings. The molecule has 1 aromatic heterocycles. The number of hydrogen-bond acceptors (Lipinski definition) is 3. The highest BCUT2D eigenvalue weighted by Gasteiger charge is 2.09. The average Bonchev–Trinajstić information content (AvgIpc) is 2.69. The normalized spacial score (nSPS) is 19.1. The Labute approximate surface area is 78.3 Å². The lowest BCUT2D eigenvalue weighted by Crippen LogP contribution is -2.37. The van der Waals surface area contributed by atoms with E-state index in [1.165, 1.54) is 0 Å². The molecular weight excluding hydrogens is 166 g/mol. The van der Waals surface area contributed by atoms with E-state index in [4.69, 9.17) is 9.15 Å². The molecular formula is C10H15NO2. The van der Waals surface area contributed by atoms with Crippen LogP contribution in [0.1, 0.15) is 5.76 Å². The summed E-state index contributed by atoms with van der Waals surface area (Å²) < 4.78 is 10.5. The van der Waals surface area contributed by atoms with Crippen molar-refractivity contribution >= 4 is 0 Å². The average molecular weight is 181 g/mol. The van der Waals surface area contributed by atoms with Gasteiger partial charge in [0.1, 0.15) is 5.76 Å². The molecule has 0 bridgehead atoms. The number of rotatable bonds is 3. The Balaban J connectivity index is 1.72. The standard InChI is InChI=1S/C10H15NO2/c1-2-10(13-7-1)3-4-11-5-8-12-9-6-11/h1-2,7H,3-6,8-9H2. The van der Waals surface area contributed by atoms with Gasteiger partial charge in [-0.3, -0.25) is 4.90 Å². The lowest BCUT2D eigenvalue weighted by Gasteiger charge is -2.25. The van der Waals surface area contributed by atoms with Crippen LogP contribution < -0.4 is 0 Å². The zero-order valence-corrected chi connectivity index (χ0v) is 7.74. The molecule has 2 rings (SSSR count). The first-order valence-electron chi connectivity index (χ1n) is 4.77. The first kappa shape index (κ1) is 8.78. The molecule has 3 heteroatoms. The minimum Gasteiger partial charge on any atom is -0.469 e. The molecule has 0 aromatic carbocycles. The van der Waals surface area contributed by atoms with Crippen LogP contribution in [0.15, 0.2) is 22.8 Å². The smallest absolute Gasteiger partial charge is 0.105 e. The van der Waals surface area contributed by atoms with E-state index in [-0.39, 0.29) is 0 Å². The molecule has 3 nitrogen and oxygen atoms in total. The molecule has 72 valence electrons. The maximum Gasteiger partial charge on any atom is 0.105 e. The van der Waals surface area contributed by atoms with Crippen LogP contribution >= 0.6 is 0 Å². The zero-order chi connectivity index (χ0) is 8.93. The fourth-order valence-electron chi connectivity index (χ4n) is 1.55. The van der Waals surface area contributed by atoms with Gasteiger partial charge in [0.25, 0.3) is 0 Å². The Hall–Kier alpha value is -0.800. The van der Waals surface area contributed by atoms with Crippen LogP contribution in [0.3, 0.4) is 0 Å². The van der Waals surface area contributed by atoms with Crippen molar-refractivity contribution in [3.63, 3.8) is 0 Å². The maximum absolute atomic E-state index is 5.27. The lowest BCUT2D eigenvalue weighted by molar-refractivity contribution is 0.0379. The molecule has 13 heavy (non-hydrogen) atoms. The fourth-order valence-corrected chi connectivity index (χ4v) is 1.55. The highest BCUT2D eigenvalue weighted by Crippen LogP contribution is 2.03. The quantitative estimate of drug-likeness (QED) is 0.699. The molecule has 2 heterocycles. The summed E-state index contributed by atoms with van der Waals surface area (Å²) in [7, 11) is 0. The number of furan rings is 1. The van der Waals surface area contributed by atoms with Crippen LogP contribution in [-0.4, -0.2) is 37.7 Å². The van der Waals surface area contributed by atoms with Crippen LogP contribution in [0.4, 0.5) is 0 Å². The van der Waals surface area contributed by atoms with Gasteiger partial charge in [0.15, 0.2) is 0 Å². The molecule has 0 unspecified atom stereocenters. The summed E-state index contributed by atoms with van der Waals surface area (Å²) in [6.07, 6.45) is 2.74. The highest BCUT2D eigenvalue weighted by molar-refractivity contribution is 4.98. The summed E-state index contributed by atoms with van der Waals surface area (Å²) in [5, 5.41) is 0. The zero-order valence-electron chi connectivity index (χ0n) is 7.74. The molecule has 0 aliphatic carbocycles. The van der Waals surface area contributed by atoms with Gasteiger partial charge in [0.2, 0.25) is 0 Å². The first-order chi connectivity index (χ1) is 6.45. The summed E-state index contributed by atoms with van der Waals surface area (Å²) >= 11 is 0. The van der Waals surface area contributed by atoms with Crippen molar-refractivity contribution in [3.8, 4) is 0 Å². The molecule has 1 saturated heterocycles. The summed E-state index contributed by atoms with van der Waals surface area (Å²) in [6.45, 7) is 4.94. The first-order valence-corrected chi connectivity index (χ1v) is 4.77. The highest BCUT2D eigenvalue weighted by atomic mass is 16.5. The maximum atomic E-state index is 5.27. The van der Waals surface area contributed by atoms with Gasteiger partial charge in [-0.05, 0) is 12.1 Å². The van der Waals surface area contributed by atoms with Crippen LogP contribution in [0, 0.1) is 0 Å². The van der Waals surface area contributed by atoms with Crippen molar-refractivity contribution in [2.75, 3.05) is 32.8 Å². The molecule has 0 N–H and O–H groups in total. The third-order valence-corrected chi connectivity index (χ3v) is 2.36. The van der Waals surface area contributed by atoms with Crippen molar-refractivity contribution in [2.45, 2.75) is 6.42 Å². The predicted octanol–water partition coefficient (Wildman–Crippen LogP) is 1.15. The van der Waals surface area contributed by atoms with Gasteiger partial charge in [-0.25, -0.2) is 0 Å². The Morgan fingerprint density at radius 1 is 1.31 bits per heavy atom. The number of nitrogens with zero attached hydrogens (tertiary/aromatic N) is 1. The van der Waals surface area contributed by atoms with Crippen molar-refractivity contribution < 1.29 is 9.15 Å². The molecule has 0 saturated carbocycles. The van der Waals surface area contributed by atoms with E-state index >= 15 is 0 Å². The lowest BCUT2D eigenvalue weighted by atomic mass is 10.3. The molecule has 0 radical (unpaired) electrons. The SMILES string of the molecule is c1coc(CCN2CCOCC2)c1. The topological polar surface area (TPSA) is 25.6 Å². The van der Waals surface area contributed by atoms with Crippen LogP contribution in [0.2, 0.25) is 0 Å². The van der Waals surface area contributed by atoms with Gasteiger partial charge >= 0.3 is 0 Å². The largest absolute Gasteiger partial charge is 0.469 e. The Bertz CT molecular complexity index is 227. The van der Waals surface area contributed by atoms with E-state index < -0.39 is 0 Å². The number of morpholine rings is 1. The van der Waals surface area contributed by atoms with Crippen LogP contribution in [0.5, 0.6) is 0 Å². The van der Waals surface area contributed by atoms with Crippen molar-refractivity contribution in [1.82, 2.24) is 4.90 Å². The monoisotopic (exact) mass is 181 g/mol. The Morgan fingerprint density at radius 2 is 2.15 bits per heavy atom. The van der Waals surface area contributed by atoms with Gasteiger partial charge < -0.3 is 9.15 Å². The van der Waals surface area contributed by atoms with Gasteiger partial charge in [-0.15, -0.1) is 0 Å². The molecule has 1 fully saturated rings.